The molecule has 1 aliphatic carbocycles. The Morgan fingerprint density at radius 1 is 1.20 bits per heavy atom. The van der Waals surface area contributed by atoms with Gasteiger partial charge in [-0.15, -0.1) is 0 Å². The fraction of sp³-hybridized carbons (Fsp3) is 0.647. The Morgan fingerprint density at radius 3 is 2.35 bits per heavy atom. The number of rotatable bonds is 3. The smallest absolute Gasteiger partial charge is 0.0860 e. The third-order valence-electron chi connectivity index (χ3n) is 4.86. The summed E-state index contributed by atoms with van der Waals surface area (Å²) >= 11 is 6.02. The first kappa shape index (κ1) is 15.8. The first-order chi connectivity index (χ1) is 9.59. The van der Waals surface area contributed by atoms with Crippen LogP contribution in [0.25, 0.3) is 0 Å². The molecule has 0 amide bonds. The molecule has 20 heavy (non-hydrogen) atoms. The molecule has 3 heteroatoms. The maximum atomic E-state index is 11.0. The normalized spacial score (nSPS) is 21.0. The third-order valence-corrected chi connectivity index (χ3v) is 5.10. The lowest BCUT2D eigenvalue weighted by Gasteiger charge is -2.39. The van der Waals surface area contributed by atoms with Crippen LogP contribution in [0.1, 0.15) is 62.2 Å². The van der Waals surface area contributed by atoms with Crippen LogP contribution in [0.15, 0.2) is 18.2 Å². The van der Waals surface area contributed by atoms with Crippen LogP contribution >= 0.6 is 11.6 Å². The minimum absolute atomic E-state index is 0.168. The summed E-state index contributed by atoms with van der Waals surface area (Å²) in [5.74, 6) is 0. The van der Waals surface area contributed by atoms with Gasteiger partial charge in [-0.2, -0.15) is 0 Å². The van der Waals surface area contributed by atoms with E-state index in [9.17, 15) is 5.11 Å². The minimum Gasteiger partial charge on any atom is -0.388 e. The van der Waals surface area contributed by atoms with Gasteiger partial charge >= 0.3 is 0 Å². The van der Waals surface area contributed by atoms with Gasteiger partial charge in [-0.25, -0.2) is 0 Å². The van der Waals surface area contributed by atoms with Gasteiger partial charge in [0.05, 0.1) is 6.10 Å². The van der Waals surface area contributed by atoms with Crippen LogP contribution in [-0.4, -0.2) is 11.7 Å². The first-order valence-corrected chi connectivity index (χ1v) is 8.11. The van der Waals surface area contributed by atoms with Crippen molar-refractivity contribution in [1.29, 1.82) is 0 Å². The number of aliphatic hydroxyl groups is 1. The summed E-state index contributed by atoms with van der Waals surface area (Å²) in [6.07, 6.45) is 7.72. The lowest BCUT2D eigenvalue weighted by molar-refractivity contribution is 0.00808. The molecule has 1 unspecified atom stereocenters. The third kappa shape index (κ3) is 3.36. The SMILES string of the molecule is Cc1cc(Cl)ccc1C(O)C1(CN)CCCCCCC1. The van der Waals surface area contributed by atoms with Crippen molar-refractivity contribution in [1.82, 2.24) is 0 Å². The summed E-state index contributed by atoms with van der Waals surface area (Å²) in [5, 5.41) is 11.7. The second-order valence-corrected chi connectivity index (χ2v) is 6.67. The lowest BCUT2D eigenvalue weighted by Crippen LogP contribution is -2.37. The maximum Gasteiger partial charge on any atom is 0.0860 e. The summed E-state index contributed by atoms with van der Waals surface area (Å²) < 4.78 is 0. The van der Waals surface area contributed by atoms with Gasteiger partial charge in [0.15, 0.2) is 0 Å². The van der Waals surface area contributed by atoms with Gasteiger partial charge in [0.1, 0.15) is 0 Å². The second kappa shape index (κ2) is 6.93. The predicted octanol–water partition coefficient (Wildman–Crippen LogP) is 4.37. The number of aliphatic hydroxyl groups excluding tert-OH is 1. The molecule has 2 rings (SSSR count). The first-order valence-electron chi connectivity index (χ1n) is 7.73. The average molecular weight is 296 g/mol. The Labute approximate surface area is 127 Å². The van der Waals surface area contributed by atoms with Gasteiger partial charge in [-0.05, 0) is 43.0 Å². The number of nitrogens with two attached hydrogens (primary N) is 1. The Morgan fingerprint density at radius 2 is 1.80 bits per heavy atom. The average Bonchev–Trinajstić information content (AvgIpc) is 2.38. The zero-order valence-electron chi connectivity index (χ0n) is 12.4. The molecule has 1 saturated carbocycles. The molecule has 0 aliphatic heterocycles. The van der Waals surface area contributed by atoms with E-state index < -0.39 is 6.10 Å². The van der Waals surface area contributed by atoms with Crippen molar-refractivity contribution >= 4 is 11.6 Å². The van der Waals surface area contributed by atoms with Crippen molar-refractivity contribution in [3.63, 3.8) is 0 Å². The molecule has 112 valence electrons. The highest BCUT2D eigenvalue weighted by Gasteiger charge is 2.37. The quantitative estimate of drug-likeness (QED) is 0.870. The number of hydrogen-bond acceptors (Lipinski definition) is 2. The van der Waals surface area contributed by atoms with Crippen molar-refractivity contribution in [3.8, 4) is 0 Å². The molecule has 0 saturated heterocycles. The highest BCUT2D eigenvalue weighted by Crippen LogP contribution is 2.44. The fourth-order valence-corrected chi connectivity index (χ4v) is 3.70. The number of benzene rings is 1. The van der Waals surface area contributed by atoms with E-state index in [-0.39, 0.29) is 5.41 Å². The van der Waals surface area contributed by atoms with Crippen molar-refractivity contribution < 1.29 is 5.11 Å². The van der Waals surface area contributed by atoms with Gasteiger partial charge in [-0.3, -0.25) is 0 Å². The molecule has 0 radical (unpaired) electrons. The van der Waals surface area contributed by atoms with Gasteiger partial charge in [0.2, 0.25) is 0 Å². The van der Waals surface area contributed by atoms with Gasteiger partial charge < -0.3 is 10.8 Å². The molecule has 0 bridgehead atoms. The molecule has 1 aliphatic rings. The Balaban J connectivity index is 2.28. The fourth-order valence-electron chi connectivity index (χ4n) is 3.47. The lowest BCUT2D eigenvalue weighted by atomic mass is 9.69. The molecular formula is C17H26ClNO. The van der Waals surface area contributed by atoms with E-state index in [0.29, 0.717) is 6.54 Å². The van der Waals surface area contributed by atoms with Crippen molar-refractivity contribution in [2.24, 2.45) is 11.1 Å². The molecule has 0 heterocycles. The van der Waals surface area contributed by atoms with E-state index in [1.54, 1.807) is 0 Å². The van der Waals surface area contributed by atoms with Crippen LogP contribution in [0.2, 0.25) is 5.02 Å². The van der Waals surface area contributed by atoms with E-state index in [1.165, 1.54) is 32.1 Å². The van der Waals surface area contributed by atoms with Crippen LogP contribution < -0.4 is 5.73 Å². The van der Waals surface area contributed by atoms with Crippen LogP contribution in [-0.2, 0) is 0 Å². The van der Waals surface area contributed by atoms with Crippen LogP contribution in [0, 0.1) is 12.3 Å². The van der Waals surface area contributed by atoms with Crippen molar-refractivity contribution in [3.05, 3.63) is 34.3 Å². The second-order valence-electron chi connectivity index (χ2n) is 6.24. The van der Waals surface area contributed by atoms with Gasteiger partial charge in [0.25, 0.3) is 0 Å². The van der Waals surface area contributed by atoms with Crippen LogP contribution in [0.3, 0.4) is 0 Å². The summed E-state index contributed by atoms with van der Waals surface area (Å²) in [6, 6.07) is 5.74. The monoisotopic (exact) mass is 295 g/mol. The molecular weight excluding hydrogens is 270 g/mol. The van der Waals surface area contributed by atoms with Crippen LogP contribution in [0.5, 0.6) is 0 Å². The maximum absolute atomic E-state index is 11.0. The summed E-state index contributed by atoms with van der Waals surface area (Å²) in [7, 11) is 0. The largest absolute Gasteiger partial charge is 0.388 e. The number of hydrogen-bond donors (Lipinski definition) is 2. The Kier molecular flexibility index (Phi) is 5.48. The topological polar surface area (TPSA) is 46.2 Å². The molecule has 0 spiro atoms. The Hall–Kier alpha value is -0.570. The van der Waals surface area contributed by atoms with E-state index >= 15 is 0 Å². The summed E-state index contributed by atoms with van der Waals surface area (Å²) in [6.45, 7) is 2.56. The van der Waals surface area contributed by atoms with Gasteiger partial charge in [-0.1, -0.05) is 49.8 Å². The van der Waals surface area contributed by atoms with Gasteiger partial charge in [0, 0.05) is 17.0 Å². The zero-order chi connectivity index (χ0) is 14.6. The van der Waals surface area contributed by atoms with E-state index in [4.69, 9.17) is 17.3 Å². The Bertz CT molecular complexity index is 439. The molecule has 1 fully saturated rings. The minimum atomic E-state index is -0.483. The summed E-state index contributed by atoms with van der Waals surface area (Å²) in [4.78, 5) is 0. The molecule has 1 atom stereocenters. The van der Waals surface area contributed by atoms with Crippen molar-refractivity contribution in [2.45, 2.75) is 58.0 Å². The highest BCUT2D eigenvalue weighted by molar-refractivity contribution is 6.30. The highest BCUT2D eigenvalue weighted by atomic mass is 35.5. The molecule has 3 N–H and O–H groups in total. The van der Waals surface area contributed by atoms with Crippen molar-refractivity contribution in [2.75, 3.05) is 6.54 Å². The summed E-state index contributed by atoms with van der Waals surface area (Å²) in [5.41, 5.74) is 7.97. The zero-order valence-corrected chi connectivity index (χ0v) is 13.1. The van der Waals surface area contributed by atoms with E-state index in [2.05, 4.69) is 0 Å². The standard InChI is InChI=1S/C17H26ClNO/c1-13-11-14(18)7-8-15(13)16(20)17(12-19)9-5-3-2-4-6-10-17/h7-8,11,16,20H,2-6,9-10,12,19H2,1H3. The van der Waals surface area contributed by atoms with E-state index in [0.717, 1.165) is 29.0 Å². The molecule has 1 aromatic carbocycles. The molecule has 0 aromatic heterocycles. The molecule has 1 aromatic rings. The van der Waals surface area contributed by atoms with Crippen LogP contribution in [0.4, 0.5) is 0 Å². The predicted molar refractivity (Wildman–Crippen MR) is 85.0 cm³/mol. The number of aryl methyl sites for hydroxylation is 1. The van der Waals surface area contributed by atoms with E-state index in [1.807, 2.05) is 25.1 Å². The molecule has 2 nitrogen and oxygen atoms in total. The number of halogens is 1.